The Morgan fingerprint density at radius 2 is 1.83 bits per heavy atom. The van der Waals surface area contributed by atoms with Gasteiger partial charge in [0.1, 0.15) is 22.9 Å². The molecule has 2 aromatic rings. The zero-order valence-electron chi connectivity index (χ0n) is 12.7. The maximum Gasteiger partial charge on any atom is 0.342 e. The van der Waals surface area contributed by atoms with Crippen LogP contribution in [0.4, 0.5) is 4.39 Å². The summed E-state index contributed by atoms with van der Waals surface area (Å²) in [5, 5.41) is 0. The van der Waals surface area contributed by atoms with Crippen LogP contribution in [0.15, 0.2) is 42.5 Å². The van der Waals surface area contributed by atoms with Crippen LogP contribution < -0.4 is 9.47 Å². The second-order valence-electron chi connectivity index (χ2n) is 4.58. The van der Waals surface area contributed by atoms with E-state index >= 15 is 0 Å². The quantitative estimate of drug-likeness (QED) is 0.605. The third kappa shape index (κ3) is 4.06. The fourth-order valence-electron chi connectivity index (χ4n) is 1.92. The van der Waals surface area contributed by atoms with Gasteiger partial charge in [-0.3, -0.25) is 4.79 Å². The molecule has 2 aromatic carbocycles. The number of ketones is 1. The van der Waals surface area contributed by atoms with Gasteiger partial charge in [-0.15, -0.1) is 0 Å². The number of benzene rings is 2. The predicted octanol–water partition coefficient (Wildman–Crippen LogP) is 2.88. The maximum absolute atomic E-state index is 13.1. The van der Waals surface area contributed by atoms with Crippen LogP contribution >= 0.6 is 0 Å². The molecule has 6 heteroatoms. The summed E-state index contributed by atoms with van der Waals surface area (Å²) in [4.78, 5) is 23.9. The molecule has 0 N–H and O–H groups in total. The SMILES string of the molecule is COc1ccc(C(=O)OCC(=O)c2cccc(F)c2)c(OC)c1. The zero-order chi connectivity index (χ0) is 16.8. The van der Waals surface area contributed by atoms with E-state index in [4.69, 9.17) is 14.2 Å². The van der Waals surface area contributed by atoms with Gasteiger partial charge >= 0.3 is 5.97 Å². The minimum absolute atomic E-state index is 0.138. The van der Waals surface area contributed by atoms with Crippen LogP contribution in [0.25, 0.3) is 0 Å². The summed E-state index contributed by atoms with van der Waals surface area (Å²) < 4.78 is 28.2. The molecular formula is C17H15FO5. The van der Waals surface area contributed by atoms with Crippen molar-refractivity contribution in [2.75, 3.05) is 20.8 Å². The first kappa shape index (κ1) is 16.5. The molecule has 0 bridgehead atoms. The molecule has 2 rings (SSSR count). The molecule has 0 aliphatic rings. The van der Waals surface area contributed by atoms with Crippen LogP contribution in [0, 0.1) is 5.82 Å². The van der Waals surface area contributed by atoms with Crippen molar-refractivity contribution in [3.8, 4) is 11.5 Å². The third-order valence-electron chi connectivity index (χ3n) is 3.11. The summed E-state index contributed by atoms with van der Waals surface area (Å²) in [6, 6.07) is 9.77. The number of hydrogen-bond acceptors (Lipinski definition) is 5. The lowest BCUT2D eigenvalue weighted by Crippen LogP contribution is -2.15. The summed E-state index contributed by atoms with van der Waals surface area (Å²) in [6.07, 6.45) is 0. The zero-order valence-corrected chi connectivity index (χ0v) is 12.7. The Bertz CT molecular complexity index is 727. The van der Waals surface area contributed by atoms with Gasteiger partial charge in [0.15, 0.2) is 12.4 Å². The lowest BCUT2D eigenvalue weighted by molar-refractivity contribution is 0.0471. The lowest BCUT2D eigenvalue weighted by Gasteiger charge is -2.10. The van der Waals surface area contributed by atoms with Gasteiger partial charge in [-0.05, 0) is 24.3 Å². The minimum atomic E-state index is -0.714. The number of esters is 1. The van der Waals surface area contributed by atoms with Crippen molar-refractivity contribution >= 4 is 11.8 Å². The Morgan fingerprint density at radius 3 is 2.48 bits per heavy atom. The van der Waals surface area contributed by atoms with Gasteiger partial charge in [-0.1, -0.05) is 12.1 Å². The summed E-state index contributed by atoms with van der Waals surface area (Å²) in [5.41, 5.74) is 0.305. The summed E-state index contributed by atoms with van der Waals surface area (Å²) in [7, 11) is 2.90. The van der Waals surface area contributed by atoms with E-state index in [1.54, 1.807) is 6.07 Å². The van der Waals surface area contributed by atoms with E-state index < -0.39 is 24.2 Å². The van der Waals surface area contributed by atoms with Crippen LogP contribution in [-0.4, -0.2) is 32.6 Å². The number of carbonyl (C=O) groups is 2. The summed E-state index contributed by atoms with van der Waals surface area (Å²) in [5.74, 6) is -0.944. The van der Waals surface area contributed by atoms with Crippen molar-refractivity contribution in [2.24, 2.45) is 0 Å². The first-order valence-corrected chi connectivity index (χ1v) is 6.73. The molecule has 5 nitrogen and oxygen atoms in total. The molecule has 120 valence electrons. The lowest BCUT2D eigenvalue weighted by atomic mass is 10.1. The number of methoxy groups -OCH3 is 2. The minimum Gasteiger partial charge on any atom is -0.497 e. The average molecular weight is 318 g/mol. The van der Waals surface area contributed by atoms with Crippen molar-refractivity contribution in [2.45, 2.75) is 0 Å². The van der Waals surface area contributed by atoms with Crippen molar-refractivity contribution in [3.63, 3.8) is 0 Å². The molecule has 0 atom stereocenters. The normalized spacial score (nSPS) is 10.0. The van der Waals surface area contributed by atoms with Gasteiger partial charge in [0.25, 0.3) is 0 Å². The predicted molar refractivity (Wildman–Crippen MR) is 80.6 cm³/mol. The smallest absolute Gasteiger partial charge is 0.342 e. The van der Waals surface area contributed by atoms with Crippen LogP contribution in [0.3, 0.4) is 0 Å². The van der Waals surface area contributed by atoms with E-state index in [1.807, 2.05) is 0 Å². The number of ether oxygens (including phenoxy) is 3. The highest BCUT2D eigenvalue weighted by atomic mass is 19.1. The second-order valence-corrected chi connectivity index (χ2v) is 4.58. The molecule has 0 aliphatic heterocycles. The van der Waals surface area contributed by atoms with Gasteiger partial charge in [-0.2, -0.15) is 0 Å². The van der Waals surface area contributed by atoms with Crippen LogP contribution in [0.2, 0.25) is 0 Å². The molecule has 0 saturated heterocycles. The molecule has 0 saturated carbocycles. The monoisotopic (exact) mass is 318 g/mol. The highest BCUT2D eigenvalue weighted by Gasteiger charge is 2.17. The van der Waals surface area contributed by atoms with Crippen molar-refractivity contribution in [3.05, 3.63) is 59.4 Å². The van der Waals surface area contributed by atoms with Gasteiger partial charge in [0.2, 0.25) is 0 Å². The van der Waals surface area contributed by atoms with Crippen molar-refractivity contribution in [1.82, 2.24) is 0 Å². The topological polar surface area (TPSA) is 61.8 Å². The van der Waals surface area contributed by atoms with Crippen LogP contribution in [0.5, 0.6) is 11.5 Å². The van der Waals surface area contributed by atoms with Gasteiger partial charge in [0, 0.05) is 11.6 Å². The number of halogens is 1. The first-order chi connectivity index (χ1) is 11.0. The second kappa shape index (κ2) is 7.40. The summed E-state index contributed by atoms with van der Waals surface area (Å²) in [6.45, 7) is -0.489. The van der Waals surface area contributed by atoms with E-state index in [9.17, 15) is 14.0 Å². The summed E-state index contributed by atoms with van der Waals surface area (Å²) >= 11 is 0. The highest BCUT2D eigenvalue weighted by Crippen LogP contribution is 2.25. The molecular weight excluding hydrogens is 303 g/mol. The van der Waals surface area contributed by atoms with Gasteiger partial charge < -0.3 is 14.2 Å². The molecule has 0 aromatic heterocycles. The van der Waals surface area contributed by atoms with Gasteiger partial charge in [0.05, 0.1) is 14.2 Å². The number of Topliss-reactive ketones (excluding diaryl/α,β-unsaturated/α-hetero) is 1. The molecule has 0 unspecified atom stereocenters. The van der Waals surface area contributed by atoms with E-state index in [-0.39, 0.29) is 16.9 Å². The Morgan fingerprint density at radius 1 is 1.04 bits per heavy atom. The first-order valence-electron chi connectivity index (χ1n) is 6.73. The Hall–Kier alpha value is -2.89. The largest absolute Gasteiger partial charge is 0.497 e. The Labute approximate surface area is 132 Å². The van der Waals surface area contributed by atoms with Crippen molar-refractivity contribution < 1.29 is 28.2 Å². The molecule has 0 radical (unpaired) electrons. The van der Waals surface area contributed by atoms with E-state index in [2.05, 4.69) is 0 Å². The van der Waals surface area contributed by atoms with Crippen LogP contribution in [0.1, 0.15) is 20.7 Å². The van der Waals surface area contributed by atoms with E-state index in [0.29, 0.717) is 5.75 Å². The number of rotatable bonds is 6. The number of hydrogen-bond donors (Lipinski definition) is 0. The molecule has 0 fully saturated rings. The average Bonchev–Trinajstić information content (AvgIpc) is 2.58. The van der Waals surface area contributed by atoms with E-state index in [1.165, 1.54) is 44.6 Å². The maximum atomic E-state index is 13.1. The fourth-order valence-corrected chi connectivity index (χ4v) is 1.92. The Balaban J connectivity index is 2.06. The molecule has 0 spiro atoms. The number of carbonyl (C=O) groups excluding carboxylic acids is 2. The van der Waals surface area contributed by atoms with Crippen molar-refractivity contribution in [1.29, 1.82) is 0 Å². The highest BCUT2D eigenvalue weighted by molar-refractivity contribution is 6.00. The van der Waals surface area contributed by atoms with E-state index in [0.717, 1.165) is 6.07 Å². The molecule has 0 heterocycles. The standard InChI is InChI=1S/C17H15FO5/c1-21-13-6-7-14(16(9-13)22-2)17(20)23-10-15(19)11-4-3-5-12(18)8-11/h3-9H,10H2,1-2H3. The Kier molecular flexibility index (Phi) is 5.30. The fraction of sp³-hybridized carbons (Fsp3) is 0.176. The molecule has 0 amide bonds. The van der Waals surface area contributed by atoms with Crippen LogP contribution in [-0.2, 0) is 4.74 Å². The third-order valence-corrected chi connectivity index (χ3v) is 3.11. The van der Waals surface area contributed by atoms with Gasteiger partial charge in [-0.25, -0.2) is 9.18 Å². The molecule has 0 aliphatic carbocycles. The molecule has 23 heavy (non-hydrogen) atoms.